The molecule has 0 spiro atoms. The highest BCUT2D eigenvalue weighted by Crippen LogP contribution is 2.24. The van der Waals surface area contributed by atoms with Crippen molar-refractivity contribution in [1.82, 2.24) is 0 Å². The average molecular weight is 396 g/mol. The van der Waals surface area contributed by atoms with Crippen molar-refractivity contribution >= 4 is 35.2 Å². The zero-order valence-electron chi connectivity index (χ0n) is 15.2. The molecule has 0 amide bonds. The van der Waals surface area contributed by atoms with Crippen LogP contribution in [0.4, 0.5) is 0 Å². The summed E-state index contributed by atoms with van der Waals surface area (Å²) in [6, 6.07) is 15.9. The minimum Gasteiger partial charge on any atom is -0.481 e. The van der Waals surface area contributed by atoms with Gasteiger partial charge in [0.1, 0.15) is 0 Å². The maximum atomic E-state index is 12.2. The molecular weight excluding hydrogens is 378 g/mol. The summed E-state index contributed by atoms with van der Waals surface area (Å²) in [7, 11) is 0. The Bertz CT molecular complexity index is 952. The molecule has 0 saturated heterocycles. The summed E-state index contributed by atoms with van der Waals surface area (Å²) >= 11 is 5.96. The molecule has 142 valence electrons. The monoisotopic (exact) mass is 395 g/mol. The van der Waals surface area contributed by atoms with Gasteiger partial charge in [0.25, 0.3) is 0 Å². The van der Waals surface area contributed by atoms with Gasteiger partial charge in [0.15, 0.2) is 0 Å². The number of benzene rings is 2. The Kier molecular flexibility index (Phi) is 7.55. The van der Waals surface area contributed by atoms with E-state index in [1.54, 1.807) is 61.5 Å². The predicted octanol–water partition coefficient (Wildman–Crippen LogP) is 4.72. The number of rotatable bonds is 7. The molecule has 2 aromatic rings. The Balaban J connectivity index is 2.56. The molecule has 0 saturated carbocycles. The van der Waals surface area contributed by atoms with Crippen molar-refractivity contribution in [3.8, 4) is 6.07 Å². The van der Waals surface area contributed by atoms with E-state index in [4.69, 9.17) is 26.7 Å². The fourth-order valence-electron chi connectivity index (χ4n) is 2.44. The zero-order chi connectivity index (χ0) is 20.5. The van der Waals surface area contributed by atoms with Crippen molar-refractivity contribution < 1.29 is 19.4 Å². The number of esters is 1. The Hall–Kier alpha value is -3.36. The van der Waals surface area contributed by atoms with Crippen LogP contribution in [0.15, 0.2) is 60.2 Å². The standard InChI is InChI=1S/C22H18ClNO4/c1-2-28-22(27)19(13-21(25)26)12-18(17-7-9-20(23)10-8-17)11-15-3-5-16(14-24)6-4-15/h3-12H,2,13H2,1H3,(H,25,26)/b18-11+,19-12-. The van der Waals surface area contributed by atoms with Crippen LogP contribution in [0.3, 0.4) is 0 Å². The molecule has 0 fully saturated rings. The maximum absolute atomic E-state index is 12.2. The van der Waals surface area contributed by atoms with Gasteiger partial charge in [-0.25, -0.2) is 4.79 Å². The Morgan fingerprint density at radius 1 is 1.14 bits per heavy atom. The van der Waals surface area contributed by atoms with Gasteiger partial charge in [0, 0.05) is 10.6 Å². The molecule has 2 aromatic carbocycles. The number of nitriles is 1. The van der Waals surface area contributed by atoms with Gasteiger partial charge in [0.05, 0.1) is 24.7 Å². The van der Waals surface area contributed by atoms with E-state index in [1.165, 1.54) is 6.08 Å². The van der Waals surface area contributed by atoms with E-state index in [0.717, 1.165) is 11.1 Å². The number of halogens is 1. The molecule has 2 rings (SSSR count). The molecule has 5 nitrogen and oxygen atoms in total. The summed E-state index contributed by atoms with van der Waals surface area (Å²) < 4.78 is 4.99. The van der Waals surface area contributed by atoms with Crippen LogP contribution >= 0.6 is 11.6 Å². The number of carbonyl (C=O) groups excluding carboxylic acids is 1. The van der Waals surface area contributed by atoms with Gasteiger partial charge in [-0.2, -0.15) is 5.26 Å². The first kappa shape index (κ1) is 20.9. The number of allylic oxidation sites excluding steroid dienone is 2. The summed E-state index contributed by atoms with van der Waals surface area (Å²) in [6.07, 6.45) is 2.84. The van der Waals surface area contributed by atoms with E-state index in [9.17, 15) is 9.59 Å². The van der Waals surface area contributed by atoms with Crippen LogP contribution < -0.4 is 0 Å². The minimum absolute atomic E-state index is 0.0317. The quantitative estimate of drug-likeness (QED) is 0.317. The number of nitrogens with zero attached hydrogens (tertiary/aromatic N) is 1. The van der Waals surface area contributed by atoms with Crippen LogP contribution in [0.5, 0.6) is 0 Å². The lowest BCUT2D eigenvalue weighted by molar-refractivity contribution is -0.142. The van der Waals surface area contributed by atoms with E-state index in [-0.39, 0.29) is 12.2 Å². The Morgan fingerprint density at radius 2 is 1.79 bits per heavy atom. The van der Waals surface area contributed by atoms with Gasteiger partial charge in [-0.05, 0) is 60.0 Å². The number of aliphatic carboxylic acids is 1. The lowest BCUT2D eigenvalue weighted by atomic mass is 9.98. The summed E-state index contributed by atoms with van der Waals surface area (Å²) in [4.78, 5) is 23.4. The van der Waals surface area contributed by atoms with Crippen molar-refractivity contribution in [3.05, 3.63) is 81.9 Å². The molecule has 0 unspecified atom stereocenters. The summed E-state index contributed by atoms with van der Waals surface area (Å²) in [5.74, 6) is -1.81. The smallest absolute Gasteiger partial charge is 0.334 e. The lowest BCUT2D eigenvalue weighted by Gasteiger charge is -2.09. The van der Waals surface area contributed by atoms with Gasteiger partial charge < -0.3 is 9.84 Å². The molecule has 1 N–H and O–H groups in total. The number of hydrogen-bond acceptors (Lipinski definition) is 4. The van der Waals surface area contributed by atoms with E-state index in [2.05, 4.69) is 6.07 Å². The second-order valence-electron chi connectivity index (χ2n) is 5.80. The van der Waals surface area contributed by atoms with Crippen LogP contribution in [-0.2, 0) is 14.3 Å². The van der Waals surface area contributed by atoms with Gasteiger partial charge in [-0.15, -0.1) is 0 Å². The van der Waals surface area contributed by atoms with E-state index < -0.39 is 18.4 Å². The molecule has 0 heterocycles. The van der Waals surface area contributed by atoms with E-state index >= 15 is 0 Å². The predicted molar refractivity (Wildman–Crippen MR) is 107 cm³/mol. The molecular formula is C22H18ClNO4. The van der Waals surface area contributed by atoms with Crippen LogP contribution in [0.2, 0.25) is 5.02 Å². The highest BCUT2D eigenvalue weighted by molar-refractivity contribution is 6.30. The second kappa shape index (κ2) is 10.1. The normalized spacial score (nSPS) is 11.6. The first-order valence-electron chi connectivity index (χ1n) is 8.50. The molecule has 6 heteroatoms. The van der Waals surface area contributed by atoms with Gasteiger partial charge in [0.2, 0.25) is 0 Å². The average Bonchev–Trinajstić information content (AvgIpc) is 2.68. The molecule has 0 atom stereocenters. The van der Waals surface area contributed by atoms with Crippen molar-refractivity contribution in [1.29, 1.82) is 5.26 Å². The van der Waals surface area contributed by atoms with Crippen molar-refractivity contribution in [2.45, 2.75) is 13.3 Å². The number of hydrogen-bond donors (Lipinski definition) is 1. The molecule has 0 radical (unpaired) electrons. The van der Waals surface area contributed by atoms with Crippen LogP contribution in [0.1, 0.15) is 30.0 Å². The Morgan fingerprint density at radius 3 is 2.32 bits per heavy atom. The number of carboxylic acids is 1. The third-order valence-corrected chi connectivity index (χ3v) is 4.00. The van der Waals surface area contributed by atoms with Crippen molar-refractivity contribution in [3.63, 3.8) is 0 Å². The number of carboxylic acid groups (broad SMARTS) is 1. The van der Waals surface area contributed by atoms with Crippen molar-refractivity contribution in [2.24, 2.45) is 0 Å². The number of ether oxygens (including phenoxy) is 1. The first-order chi connectivity index (χ1) is 13.4. The third-order valence-electron chi connectivity index (χ3n) is 3.75. The molecule has 0 aliphatic heterocycles. The third kappa shape index (κ3) is 6.11. The maximum Gasteiger partial charge on any atom is 0.334 e. The molecule has 0 bridgehead atoms. The van der Waals surface area contributed by atoms with E-state index in [0.29, 0.717) is 16.2 Å². The summed E-state index contributed by atoms with van der Waals surface area (Å²) in [6.45, 7) is 1.80. The van der Waals surface area contributed by atoms with Gasteiger partial charge in [-0.1, -0.05) is 35.9 Å². The molecule has 0 aliphatic rings. The SMILES string of the molecule is CCOC(=O)/C(=C\C(=C/c1ccc(C#N)cc1)c1ccc(Cl)cc1)CC(=O)O. The highest BCUT2D eigenvalue weighted by Gasteiger charge is 2.16. The highest BCUT2D eigenvalue weighted by atomic mass is 35.5. The second-order valence-corrected chi connectivity index (χ2v) is 6.24. The molecule has 0 aliphatic carbocycles. The largest absolute Gasteiger partial charge is 0.481 e. The summed E-state index contributed by atoms with van der Waals surface area (Å²) in [5.41, 5.74) is 2.72. The lowest BCUT2D eigenvalue weighted by Crippen LogP contribution is -2.11. The minimum atomic E-state index is -1.13. The van der Waals surface area contributed by atoms with Crippen LogP contribution in [-0.4, -0.2) is 23.7 Å². The van der Waals surface area contributed by atoms with Crippen LogP contribution in [0.25, 0.3) is 11.6 Å². The van der Waals surface area contributed by atoms with Gasteiger partial charge >= 0.3 is 11.9 Å². The number of carbonyl (C=O) groups is 2. The first-order valence-corrected chi connectivity index (χ1v) is 8.88. The molecule has 0 aromatic heterocycles. The summed E-state index contributed by atoms with van der Waals surface area (Å²) in [5, 5.41) is 18.6. The fraction of sp³-hybridized carbons (Fsp3) is 0.136. The van der Waals surface area contributed by atoms with Crippen LogP contribution in [0, 0.1) is 11.3 Å². The van der Waals surface area contributed by atoms with Gasteiger partial charge in [-0.3, -0.25) is 4.79 Å². The van der Waals surface area contributed by atoms with E-state index in [1.807, 2.05) is 0 Å². The molecule has 28 heavy (non-hydrogen) atoms. The Labute approximate surface area is 168 Å². The van der Waals surface area contributed by atoms with Crippen molar-refractivity contribution in [2.75, 3.05) is 6.61 Å². The topological polar surface area (TPSA) is 87.4 Å². The fourth-order valence-corrected chi connectivity index (χ4v) is 2.57. The zero-order valence-corrected chi connectivity index (χ0v) is 15.9.